The molecule has 1 aromatic heterocycles. The zero-order valence-electron chi connectivity index (χ0n) is 10.7. The third-order valence-electron chi connectivity index (χ3n) is 2.81. The van der Waals surface area contributed by atoms with E-state index in [1.54, 1.807) is 0 Å². The molecule has 1 aromatic carbocycles. The Morgan fingerprint density at radius 2 is 2.22 bits per heavy atom. The van der Waals surface area contributed by atoms with Gasteiger partial charge >= 0.3 is 0 Å². The first-order chi connectivity index (χ1) is 8.74. The molecule has 0 saturated carbocycles. The molecule has 0 fully saturated rings. The number of nitrogens with one attached hydrogen (secondary N) is 2. The van der Waals surface area contributed by atoms with Crippen molar-refractivity contribution in [3.63, 3.8) is 0 Å². The van der Waals surface area contributed by atoms with Gasteiger partial charge in [0, 0.05) is 17.0 Å². The third-order valence-corrected chi connectivity index (χ3v) is 3.44. The van der Waals surface area contributed by atoms with Gasteiger partial charge in [-0.15, -0.1) is 11.8 Å². The van der Waals surface area contributed by atoms with Crippen LogP contribution in [0.3, 0.4) is 0 Å². The number of aromatic amines is 1. The maximum absolute atomic E-state index is 7.80. The van der Waals surface area contributed by atoms with E-state index < -0.39 is 0 Å². The molecule has 0 aliphatic rings. The molecule has 2 N–H and O–H groups in total. The second-order valence-electron chi connectivity index (χ2n) is 4.17. The van der Waals surface area contributed by atoms with Gasteiger partial charge in [0.05, 0.1) is 12.3 Å². The van der Waals surface area contributed by atoms with E-state index >= 15 is 0 Å². The smallest absolute Gasteiger partial charge is 0.121 e. The van der Waals surface area contributed by atoms with Crippen LogP contribution in [0.1, 0.15) is 25.5 Å². The van der Waals surface area contributed by atoms with Crippen molar-refractivity contribution in [2.75, 3.05) is 12.9 Å². The lowest BCUT2D eigenvalue weighted by atomic mass is 10.2. The van der Waals surface area contributed by atoms with Crippen LogP contribution >= 0.6 is 11.8 Å². The van der Waals surface area contributed by atoms with E-state index in [1.807, 2.05) is 30.5 Å². The topological polar surface area (TPSA) is 48.9 Å². The van der Waals surface area contributed by atoms with E-state index in [9.17, 15) is 0 Å². The summed E-state index contributed by atoms with van der Waals surface area (Å²) in [7, 11) is 0. The molecule has 3 nitrogen and oxygen atoms in total. The zero-order valence-corrected chi connectivity index (χ0v) is 11.6. The van der Waals surface area contributed by atoms with E-state index in [4.69, 9.17) is 10.1 Å². The number of benzene rings is 1. The predicted octanol–water partition coefficient (Wildman–Crippen LogP) is 4.04. The van der Waals surface area contributed by atoms with Crippen LogP contribution in [-0.2, 0) is 0 Å². The second-order valence-corrected chi connectivity index (χ2v) is 4.98. The molecule has 0 saturated heterocycles. The first kappa shape index (κ1) is 13.0. The van der Waals surface area contributed by atoms with Crippen LogP contribution in [0.2, 0.25) is 0 Å². The summed E-state index contributed by atoms with van der Waals surface area (Å²) in [5.74, 6) is 0.889. The number of ether oxygens (including phenoxy) is 1. The highest BCUT2D eigenvalue weighted by Gasteiger charge is 2.06. The summed E-state index contributed by atoms with van der Waals surface area (Å²) in [6.07, 6.45) is 4.12. The molecule has 4 heteroatoms. The SMILES string of the molecule is CCCCOc1ccc2cc(C(=N)SC)[nH]c2c1. The Kier molecular flexibility index (Phi) is 4.31. The van der Waals surface area contributed by atoms with Crippen LogP contribution in [0.15, 0.2) is 24.3 Å². The summed E-state index contributed by atoms with van der Waals surface area (Å²) in [5, 5.41) is 9.47. The van der Waals surface area contributed by atoms with Gasteiger partial charge in [-0.3, -0.25) is 5.41 Å². The number of aromatic nitrogens is 1. The summed E-state index contributed by atoms with van der Waals surface area (Å²) in [6, 6.07) is 8.02. The van der Waals surface area contributed by atoms with Gasteiger partial charge in [0.2, 0.25) is 0 Å². The quantitative estimate of drug-likeness (QED) is 0.485. The molecule has 0 amide bonds. The minimum atomic E-state index is 0.555. The zero-order chi connectivity index (χ0) is 13.0. The Morgan fingerprint density at radius 3 is 2.94 bits per heavy atom. The average Bonchev–Trinajstić information content (AvgIpc) is 2.81. The first-order valence-electron chi connectivity index (χ1n) is 6.13. The van der Waals surface area contributed by atoms with Crippen LogP contribution in [0, 0.1) is 5.41 Å². The van der Waals surface area contributed by atoms with E-state index in [2.05, 4.69) is 11.9 Å². The molecule has 0 bridgehead atoms. The first-order valence-corrected chi connectivity index (χ1v) is 7.35. The molecule has 0 unspecified atom stereocenters. The second kappa shape index (κ2) is 5.96. The van der Waals surface area contributed by atoms with Crippen molar-refractivity contribution in [1.29, 1.82) is 5.41 Å². The van der Waals surface area contributed by atoms with Gasteiger partial charge in [-0.05, 0) is 30.9 Å². The van der Waals surface area contributed by atoms with E-state index in [1.165, 1.54) is 11.8 Å². The van der Waals surface area contributed by atoms with Crippen molar-refractivity contribution in [2.45, 2.75) is 19.8 Å². The Bertz CT molecular complexity index is 548. The van der Waals surface area contributed by atoms with Crippen molar-refractivity contribution in [2.24, 2.45) is 0 Å². The third kappa shape index (κ3) is 2.88. The van der Waals surface area contributed by atoms with Crippen molar-refractivity contribution >= 4 is 27.7 Å². The number of rotatable bonds is 5. The summed E-state index contributed by atoms with van der Waals surface area (Å²) in [4.78, 5) is 3.25. The van der Waals surface area contributed by atoms with Crippen LogP contribution in [0.4, 0.5) is 0 Å². The fraction of sp³-hybridized carbons (Fsp3) is 0.357. The molecule has 0 atom stereocenters. The number of thioether (sulfide) groups is 1. The Labute approximate surface area is 111 Å². The van der Waals surface area contributed by atoms with Gasteiger partial charge < -0.3 is 9.72 Å². The molecule has 0 aliphatic carbocycles. The number of unbranched alkanes of at least 4 members (excludes halogenated alkanes) is 1. The molecule has 96 valence electrons. The highest BCUT2D eigenvalue weighted by atomic mass is 32.2. The number of hydrogen-bond acceptors (Lipinski definition) is 3. The predicted molar refractivity (Wildman–Crippen MR) is 79.0 cm³/mol. The molecule has 18 heavy (non-hydrogen) atoms. The summed E-state index contributed by atoms with van der Waals surface area (Å²) in [6.45, 7) is 2.91. The maximum atomic E-state index is 7.80. The molecule has 0 aliphatic heterocycles. The van der Waals surface area contributed by atoms with Crippen LogP contribution in [0.25, 0.3) is 10.9 Å². The van der Waals surface area contributed by atoms with Gasteiger partial charge in [-0.2, -0.15) is 0 Å². The van der Waals surface area contributed by atoms with E-state index in [0.29, 0.717) is 5.04 Å². The Balaban J connectivity index is 2.20. The largest absolute Gasteiger partial charge is 0.494 e. The lowest BCUT2D eigenvalue weighted by Gasteiger charge is -2.04. The molecule has 0 spiro atoms. The highest BCUT2D eigenvalue weighted by molar-refractivity contribution is 8.13. The van der Waals surface area contributed by atoms with Gasteiger partial charge in [0.1, 0.15) is 10.8 Å². The van der Waals surface area contributed by atoms with Gasteiger partial charge in [0.25, 0.3) is 0 Å². The monoisotopic (exact) mass is 262 g/mol. The average molecular weight is 262 g/mol. The van der Waals surface area contributed by atoms with Gasteiger partial charge in [0.15, 0.2) is 0 Å². The number of fused-ring (bicyclic) bond motifs is 1. The van der Waals surface area contributed by atoms with E-state index in [-0.39, 0.29) is 0 Å². The lowest BCUT2D eigenvalue weighted by Crippen LogP contribution is -1.95. The minimum absolute atomic E-state index is 0.555. The fourth-order valence-electron chi connectivity index (χ4n) is 1.76. The van der Waals surface area contributed by atoms with Crippen LogP contribution in [-0.4, -0.2) is 22.9 Å². The Morgan fingerprint density at radius 1 is 1.39 bits per heavy atom. The van der Waals surface area contributed by atoms with Crippen molar-refractivity contribution in [3.05, 3.63) is 30.0 Å². The highest BCUT2D eigenvalue weighted by Crippen LogP contribution is 2.23. The van der Waals surface area contributed by atoms with Crippen molar-refractivity contribution < 1.29 is 4.74 Å². The van der Waals surface area contributed by atoms with Crippen molar-refractivity contribution in [3.8, 4) is 5.75 Å². The van der Waals surface area contributed by atoms with E-state index in [0.717, 1.165) is 41.8 Å². The molecular weight excluding hydrogens is 244 g/mol. The summed E-state index contributed by atoms with van der Waals surface area (Å²) < 4.78 is 5.67. The molecule has 1 heterocycles. The Hall–Kier alpha value is -1.42. The summed E-state index contributed by atoms with van der Waals surface area (Å²) in [5.41, 5.74) is 1.89. The number of H-pyrrole nitrogens is 1. The van der Waals surface area contributed by atoms with Gasteiger partial charge in [-0.25, -0.2) is 0 Å². The standard InChI is InChI=1S/C14H18N2OS/c1-3-4-7-17-11-6-5-10-8-13(14(15)18-2)16-12(10)9-11/h5-6,8-9,15-16H,3-4,7H2,1-2H3. The minimum Gasteiger partial charge on any atom is -0.494 e. The maximum Gasteiger partial charge on any atom is 0.121 e. The van der Waals surface area contributed by atoms with Crippen molar-refractivity contribution in [1.82, 2.24) is 4.98 Å². The molecule has 2 rings (SSSR count). The molecule has 0 radical (unpaired) electrons. The lowest BCUT2D eigenvalue weighted by molar-refractivity contribution is 0.310. The molecule has 2 aromatic rings. The van der Waals surface area contributed by atoms with Gasteiger partial charge in [-0.1, -0.05) is 13.3 Å². The van der Waals surface area contributed by atoms with Crippen LogP contribution < -0.4 is 4.74 Å². The van der Waals surface area contributed by atoms with Crippen LogP contribution in [0.5, 0.6) is 5.75 Å². The fourth-order valence-corrected chi connectivity index (χ4v) is 2.09. The number of hydrogen-bond donors (Lipinski definition) is 2. The summed E-state index contributed by atoms with van der Waals surface area (Å²) >= 11 is 1.43. The normalized spacial score (nSPS) is 10.8. The molecular formula is C14H18N2OS.